The van der Waals surface area contributed by atoms with Crippen LogP contribution in [-0.4, -0.2) is 44.7 Å². The number of nitrogens with one attached hydrogen (secondary N) is 1. The first-order valence-corrected chi connectivity index (χ1v) is 11.5. The number of Topliss-reactive ketones (excluding diaryl/α,β-unsaturated/α-hetero) is 1. The van der Waals surface area contributed by atoms with E-state index >= 15 is 0 Å². The molecule has 0 spiro atoms. The van der Waals surface area contributed by atoms with Crippen molar-refractivity contribution in [3.8, 4) is 0 Å². The molecule has 9 heteroatoms. The van der Waals surface area contributed by atoms with Crippen LogP contribution >= 0.6 is 23.2 Å². The molecule has 33 heavy (non-hydrogen) atoms. The van der Waals surface area contributed by atoms with Gasteiger partial charge in [-0.1, -0.05) is 36.2 Å². The molecular formula is C24H27Cl2NO6. The van der Waals surface area contributed by atoms with E-state index in [2.05, 4.69) is 5.32 Å². The van der Waals surface area contributed by atoms with Gasteiger partial charge in [-0.3, -0.25) is 9.59 Å². The van der Waals surface area contributed by atoms with Gasteiger partial charge < -0.3 is 19.5 Å². The van der Waals surface area contributed by atoms with Crippen molar-refractivity contribution in [1.29, 1.82) is 0 Å². The van der Waals surface area contributed by atoms with Gasteiger partial charge in [-0.25, -0.2) is 4.79 Å². The van der Waals surface area contributed by atoms with Crippen LogP contribution < -0.4 is 5.32 Å². The fraction of sp³-hybridized carbons (Fsp3) is 0.458. The number of carbonyl (C=O) groups excluding carboxylic acids is 3. The van der Waals surface area contributed by atoms with Gasteiger partial charge in [0.15, 0.2) is 5.78 Å². The molecule has 1 N–H and O–H groups in total. The number of hydrogen-bond donors (Lipinski definition) is 1. The molecular weight excluding hydrogens is 469 g/mol. The molecule has 0 saturated carbocycles. The Morgan fingerprint density at radius 3 is 2.55 bits per heavy atom. The van der Waals surface area contributed by atoms with Gasteiger partial charge in [-0.2, -0.15) is 0 Å². The molecule has 0 unspecified atom stereocenters. The minimum absolute atomic E-state index is 0.0687. The Hall–Kier alpha value is -2.35. The first kappa shape index (κ1) is 25.3. The summed E-state index contributed by atoms with van der Waals surface area (Å²) in [6.07, 6.45) is 0.447. The Bertz CT molecular complexity index is 1030. The van der Waals surface area contributed by atoms with Crippen molar-refractivity contribution in [2.75, 3.05) is 26.9 Å². The highest BCUT2D eigenvalue weighted by molar-refractivity contribution is 6.42. The van der Waals surface area contributed by atoms with Crippen molar-refractivity contribution in [3.05, 3.63) is 56.3 Å². The quantitative estimate of drug-likeness (QED) is 0.344. The Kier molecular flexibility index (Phi) is 8.21. The van der Waals surface area contributed by atoms with Crippen molar-refractivity contribution in [2.24, 2.45) is 11.8 Å². The summed E-state index contributed by atoms with van der Waals surface area (Å²) in [6, 6.07) is 4.96. The SMILES string of the molecule is CCOCCOC(=O)C1=C(C)NC2=C(C(=O)[C@H](C(=O)OC)[C@@H](C)C2)[C@H]1c1ccc(Cl)c(Cl)c1. The largest absolute Gasteiger partial charge is 0.468 e. The van der Waals surface area contributed by atoms with E-state index in [1.165, 1.54) is 7.11 Å². The number of hydrogen-bond acceptors (Lipinski definition) is 7. The maximum absolute atomic E-state index is 13.6. The highest BCUT2D eigenvalue weighted by Crippen LogP contribution is 2.46. The molecule has 0 aromatic heterocycles. The normalized spacial score (nSPS) is 22.6. The number of benzene rings is 1. The third-order valence-electron chi connectivity index (χ3n) is 5.90. The number of halogens is 2. The molecule has 0 saturated heterocycles. The fourth-order valence-corrected chi connectivity index (χ4v) is 4.70. The van der Waals surface area contributed by atoms with Gasteiger partial charge in [-0.05, 0) is 43.9 Å². The molecule has 1 heterocycles. The number of esters is 2. The third-order valence-corrected chi connectivity index (χ3v) is 6.64. The molecule has 0 radical (unpaired) electrons. The Morgan fingerprint density at radius 1 is 1.18 bits per heavy atom. The van der Waals surface area contributed by atoms with Crippen LogP contribution in [0.15, 0.2) is 40.7 Å². The lowest BCUT2D eigenvalue weighted by Gasteiger charge is -2.38. The van der Waals surface area contributed by atoms with E-state index in [0.29, 0.717) is 40.6 Å². The van der Waals surface area contributed by atoms with E-state index in [4.69, 9.17) is 37.4 Å². The van der Waals surface area contributed by atoms with Crippen LogP contribution in [0.25, 0.3) is 0 Å². The lowest BCUT2D eigenvalue weighted by Crippen LogP contribution is -2.43. The number of ketones is 1. The van der Waals surface area contributed by atoms with Crippen molar-refractivity contribution >= 4 is 40.9 Å². The number of allylic oxidation sites excluding steroid dienone is 3. The van der Waals surface area contributed by atoms with Crippen LogP contribution in [0, 0.1) is 11.8 Å². The lowest BCUT2D eigenvalue weighted by atomic mass is 9.69. The van der Waals surface area contributed by atoms with E-state index in [9.17, 15) is 14.4 Å². The average molecular weight is 496 g/mol. The van der Waals surface area contributed by atoms with Crippen LogP contribution in [0.5, 0.6) is 0 Å². The van der Waals surface area contributed by atoms with Crippen molar-refractivity contribution in [2.45, 2.75) is 33.1 Å². The second kappa shape index (κ2) is 10.7. The molecule has 0 bridgehead atoms. The minimum Gasteiger partial charge on any atom is -0.468 e. The topological polar surface area (TPSA) is 90.9 Å². The first-order valence-electron chi connectivity index (χ1n) is 10.7. The van der Waals surface area contributed by atoms with Crippen LogP contribution in [0.1, 0.15) is 38.7 Å². The zero-order chi connectivity index (χ0) is 24.3. The summed E-state index contributed by atoms with van der Waals surface area (Å²) in [5.74, 6) is -3.57. The Morgan fingerprint density at radius 2 is 1.91 bits per heavy atom. The van der Waals surface area contributed by atoms with Crippen LogP contribution in [0.4, 0.5) is 0 Å². The van der Waals surface area contributed by atoms with Crippen LogP contribution in [-0.2, 0) is 28.6 Å². The van der Waals surface area contributed by atoms with Crippen LogP contribution in [0.2, 0.25) is 10.0 Å². The summed E-state index contributed by atoms with van der Waals surface area (Å²) >= 11 is 12.4. The summed E-state index contributed by atoms with van der Waals surface area (Å²) < 4.78 is 15.6. The average Bonchev–Trinajstić information content (AvgIpc) is 2.77. The van der Waals surface area contributed by atoms with E-state index in [-0.39, 0.29) is 35.5 Å². The van der Waals surface area contributed by atoms with Crippen molar-refractivity contribution < 1.29 is 28.6 Å². The Balaban J connectivity index is 2.10. The van der Waals surface area contributed by atoms with Gasteiger partial charge in [-0.15, -0.1) is 0 Å². The predicted octanol–water partition coefficient (Wildman–Crippen LogP) is 4.19. The van der Waals surface area contributed by atoms with E-state index in [1.54, 1.807) is 25.1 Å². The molecule has 0 fully saturated rings. The van der Waals surface area contributed by atoms with Gasteiger partial charge in [0.05, 0.1) is 29.3 Å². The molecule has 3 rings (SSSR count). The summed E-state index contributed by atoms with van der Waals surface area (Å²) in [4.78, 5) is 39.2. The molecule has 1 aromatic rings. The zero-order valence-electron chi connectivity index (χ0n) is 19.0. The number of dihydropyridines is 1. The molecule has 2 aliphatic rings. The van der Waals surface area contributed by atoms with Crippen molar-refractivity contribution in [3.63, 3.8) is 0 Å². The fourth-order valence-electron chi connectivity index (χ4n) is 4.39. The van der Waals surface area contributed by atoms with E-state index in [0.717, 1.165) is 0 Å². The van der Waals surface area contributed by atoms with Crippen LogP contribution in [0.3, 0.4) is 0 Å². The number of carbonyl (C=O) groups is 3. The third kappa shape index (κ3) is 5.10. The van der Waals surface area contributed by atoms with Gasteiger partial charge in [0, 0.05) is 29.5 Å². The van der Waals surface area contributed by atoms with E-state index in [1.807, 2.05) is 13.8 Å². The van der Waals surface area contributed by atoms with Gasteiger partial charge in [0.1, 0.15) is 12.5 Å². The van der Waals surface area contributed by atoms with Crippen molar-refractivity contribution in [1.82, 2.24) is 5.32 Å². The number of rotatable bonds is 7. The summed E-state index contributed by atoms with van der Waals surface area (Å²) in [6.45, 7) is 6.27. The second-order valence-corrected chi connectivity index (χ2v) is 8.86. The number of methoxy groups -OCH3 is 1. The maximum atomic E-state index is 13.6. The Labute approximate surface area is 203 Å². The minimum atomic E-state index is -0.963. The summed E-state index contributed by atoms with van der Waals surface area (Å²) in [7, 11) is 1.26. The second-order valence-electron chi connectivity index (χ2n) is 8.04. The monoisotopic (exact) mass is 495 g/mol. The smallest absolute Gasteiger partial charge is 0.336 e. The maximum Gasteiger partial charge on any atom is 0.336 e. The first-order chi connectivity index (χ1) is 15.7. The molecule has 1 aliphatic carbocycles. The molecule has 7 nitrogen and oxygen atoms in total. The summed E-state index contributed by atoms with van der Waals surface area (Å²) in [5, 5.41) is 3.85. The molecule has 1 aliphatic heterocycles. The standard InChI is InChI=1S/C24H27Cl2NO6/c1-5-32-8-9-33-24(30)19-13(3)27-17-10-12(2)18(23(29)31-4)22(28)21(17)20(19)14-6-7-15(25)16(26)11-14/h6-7,11-12,18,20,27H,5,8-10H2,1-4H3/t12-,18+,20-/m0/s1. The van der Waals surface area contributed by atoms with Gasteiger partial charge in [0.2, 0.25) is 0 Å². The lowest BCUT2D eigenvalue weighted by molar-refractivity contribution is -0.151. The predicted molar refractivity (Wildman–Crippen MR) is 124 cm³/mol. The molecule has 3 atom stereocenters. The molecule has 178 valence electrons. The van der Waals surface area contributed by atoms with E-state index < -0.39 is 23.8 Å². The highest BCUT2D eigenvalue weighted by atomic mass is 35.5. The van der Waals surface area contributed by atoms with Gasteiger partial charge in [0.25, 0.3) is 0 Å². The summed E-state index contributed by atoms with van der Waals surface area (Å²) in [5.41, 5.74) is 2.45. The highest BCUT2D eigenvalue weighted by Gasteiger charge is 2.47. The number of ether oxygens (including phenoxy) is 3. The van der Waals surface area contributed by atoms with Gasteiger partial charge >= 0.3 is 11.9 Å². The molecule has 1 aromatic carbocycles. The zero-order valence-corrected chi connectivity index (χ0v) is 20.5. The molecule has 0 amide bonds.